The number of amidine groups is 1. The summed E-state index contributed by atoms with van der Waals surface area (Å²) < 4.78 is 27.7. The molecule has 8 nitrogen and oxygen atoms in total. The zero-order chi connectivity index (χ0) is 24.3. The van der Waals surface area contributed by atoms with Crippen molar-refractivity contribution in [2.24, 2.45) is 4.99 Å². The first-order valence-corrected chi connectivity index (χ1v) is 12.3. The van der Waals surface area contributed by atoms with Gasteiger partial charge in [-0.15, -0.1) is 0 Å². The van der Waals surface area contributed by atoms with Crippen LogP contribution in [0, 0.1) is 0 Å². The lowest BCUT2D eigenvalue weighted by Crippen LogP contribution is -2.35. The van der Waals surface area contributed by atoms with E-state index in [1.54, 1.807) is 48.5 Å². The summed E-state index contributed by atoms with van der Waals surface area (Å²) in [5.41, 5.74) is 1.54. The topological polar surface area (TPSA) is 116 Å². The molecular weight excluding hydrogens is 474 g/mol. The lowest BCUT2D eigenvalue weighted by atomic mass is 10.2. The van der Waals surface area contributed by atoms with Gasteiger partial charge in [-0.05, 0) is 71.9 Å². The van der Waals surface area contributed by atoms with Gasteiger partial charge in [0.2, 0.25) is 5.91 Å². The van der Waals surface area contributed by atoms with E-state index in [9.17, 15) is 23.1 Å². The number of aliphatic imine (C=N–C) groups is 1. The minimum Gasteiger partial charge on any atom is -0.508 e. The Morgan fingerprint density at radius 3 is 2.26 bits per heavy atom. The number of para-hydroxylation sites is 1. The van der Waals surface area contributed by atoms with Crippen LogP contribution >= 0.6 is 11.8 Å². The molecule has 4 rings (SSSR count). The first-order valence-electron chi connectivity index (χ1n) is 10.0. The molecule has 2 N–H and O–H groups in total. The number of amides is 2. The second kappa shape index (κ2) is 9.54. The third kappa shape index (κ3) is 5.03. The smallest absolute Gasteiger partial charge is 0.280 e. The van der Waals surface area contributed by atoms with Gasteiger partial charge in [0.15, 0.2) is 5.17 Å². The third-order valence-electron chi connectivity index (χ3n) is 4.65. The Balaban J connectivity index is 1.76. The highest BCUT2D eigenvalue weighted by Crippen LogP contribution is 2.38. The lowest BCUT2D eigenvalue weighted by Gasteiger charge is -2.16. The van der Waals surface area contributed by atoms with Crippen LogP contribution in [0.25, 0.3) is 6.08 Å². The highest BCUT2D eigenvalue weighted by molar-refractivity contribution is 8.20. The first-order chi connectivity index (χ1) is 16.2. The molecule has 0 bridgehead atoms. The summed E-state index contributed by atoms with van der Waals surface area (Å²) in [6.07, 6.45) is 1.54. The number of benzene rings is 3. The second-order valence-electron chi connectivity index (χ2n) is 7.21. The first kappa shape index (κ1) is 23.3. The molecule has 10 heteroatoms. The number of nitrogens with one attached hydrogen (secondary N) is 1. The summed E-state index contributed by atoms with van der Waals surface area (Å²) in [5, 5.41) is 12.1. The van der Waals surface area contributed by atoms with Gasteiger partial charge in [-0.2, -0.15) is 4.31 Å². The molecule has 0 saturated carbocycles. The predicted molar refractivity (Wildman–Crippen MR) is 132 cm³/mol. The summed E-state index contributed by atoms with van der Waals surface area (Å²) in [6.45, 7) is 1.35. The van der Waals surface area contributed by atoms with Gasteiger partial charge in [-0.3, -0.25) is 9.59 Å². The number of aromatic hydroxyl groups is 1. The Bertz CT molecular complexity index is 1400. The normalized spacial score (nSPS) is 16.3. The summed E-state index contributed by atoms with van der Waals surface area (Å²) in [6, 6.07) is 20.4. The van der Waals surface area contributed by atoms with Crippen LogP contribution < -0.4 is 5.32 Å². The maximum Gasteiger partial charge on any atom is 0.280 e. The van der Waals surface area contributed by atoms with Crippen molar-refractivity contribution in [1.82, 2.24) is 4.31 Å². The SMILES string of the molecule is CC(=O)Nc1ccc(S(=O)(=O)N2C(=O)/C(=C\c3ccc(O)cc3)SC2=Nc2ccccc2)cc1. The standard InChI is InChI=1S/C24H19N3O5S2/c1-16(28)25-19-9-13-21(14-10-19)34(31,32)27-23(30)22(15-17-7-11-20(29)12-8-17)33-24(27)26-18-5-3-2-4-6-18/h2-15,29H,1H3,(H,25,28)/b22-15+,26-24?. The molecule has 172 valence electrons. The van der Waals surface area contributed by atoms with Crippen LogP contribution in [0.5, 0.6) is 5.75 Å². The van der Waals surface area contributed by atoms with Crippen LogP contribution in [0.4, 0.5) is 11.4 Å². The van der Waals surface area contributed by atoms with Gasteiger partial charge in [0.25, 0.3) is 15.9 Å². The zero-order valence-electron chi connectivity index (χ0n) is 17.9. The minimum absolute atomic E-state index is 0.00725. The Morgan fingerprint density at radius 1 is 1.00 bits per heavy atom. The van der Waals surface area contributed by atoms with E-state index < -0.39 is 15.9 Å². The predicted octanol–water partition coefficient (Wildman–Crippen LogP) is 4.34. The average Bonchev–Trinajstić information content (AvgIpc) is 3.11. The molecule has 1 heterocycles. The molecule has 0 spiro atoms. The number of hydrogen-bond acceptors (Lipinski definition) is 7. The van der Waals surface area contributed by atoms with Crippen molar-refractivity contribution in [3.8, 4) is 5.75 Å². The monoisotopic (exact) mass is 493 g/mol. The van der Waals surface area contributed by atoms with Crippen molar-refractivity contribution < 1.29 is 23.1 Å². The number of phenols is 1. The van der Waals surface area contributed by atoms with Gasteiger partial charge >= 0.3 is 0 Å². The third-order valence-corrected chi connectivity index (χ3v) is 7.43. The zero-order valence-corrected chi connectivity index (χ0v) is 19.5. The number of carbonyl (C=O) groups excluding carboxylic acids is 2. The molecule has 1 aliphatic heterocycles. The van der Waals surface area contributed by atoms with E-state index in [2.05, 4.69) is 10.3 Å². The minimum atomic E-state index is -4.30. The number of thioether (sulfide) groups is 1. The molecule has 0 radical (unpaired) electrons. The van der Waals surface area contributed by atoms with E-state index in [0.717, 1.165) is 11.8 Å². The number of nitrogens with zero attached hydrogens (tertiary/aromatic N) is 2. The van der Waals surface area contributed by atoms with E-state index in [1.807, 2.05) is 0 Å². The van der Waals surface area contributed by atoms with Crippen molar-refractivity contribution in [2.45, 2.75) is 11.8 Å². The highest BCUT2D eigenvalue weighted by Gasteiger charge is 2.42. The molecule has 1 aliphatic rings. The number of sulfonamides is 1. The van der Waals surface area contributed by atoms with E-state index in [-0.39, 0.29) is 26.6 Å². The Kier molecular flexibility index (Phi) is 6.53. The van der Waals surface area contributed by atoms with Gasteiger partial charge < -0.3 is 10.4 Å². The molecule has 34 heavy (non-hydrogen) atoms. The van der Waals surface area contributed by atoms with Crippen LogP contribution in [0.3, 0.4) is 0 Å². The van der Waals surface area contributed by atoms with E-state index in [4.69, 9.17) is 0 Å². The van der Waals surface area contributed by atoms with Crippen LogP contribution in [-0.4, -0.2) is 34.8 Å². The fourth-order valence-electron chi connectivity index (χ4n) is 3.10. The van der Waals surface area contributed by atoms with Crippen LogP contribution in [0.2, 0.25) is 0 Å². The van der Waals surface area contributed by atoms with E-state index >= 15 is 0 Å². The lowest BCUT2D eigenvalue weighted by molar-refractivity contribution is -0.119. The average molecular weight is 494 g/mol. The fourth-order valence-corrected chi connectivity index (χ4v) is 5.70. The van der Waals surface area contributed by atoms with Crippen LogP contribution in [0.1, 0.15) is 12.5 Å². The molecule has 0 aromatic heterocycles. The maximum atomic E-state index is 13.5. The number of anilines is 1. The van der Waals surface area contributed by atoms with Crippen molar-refractivity contribution in [2.75, 3.05) is 5.32 Å². The largest absolute Gasteiger partial charge is 0.508 e. The van der Waals surface area contributed by atoms with Gasteiger partial charge in [-0.25, -0.2) is 13.4 Å². The van der Waals surface area contributed by atoms with Gasteiger partial charge in [0.1, 0.15) is 5.75 Å². The Morgan fingerprint density at radius 2 is 1.65 bits per heavy atom. The number of rotatable bonds is 5. The highest BCUT2D eigenvalue weighted by atomic mass is 32.2. The molecule has 2 amide bonds. The summed E-state index contributed by atoms with van der Waals surface area (Å²) in [5.74, 6) is -0.951. The summed E-state index contributed by atoms with van der Waals surface area (Å²) in [4.78, 5) is 29.0. The summed E-state index contributed by atoms with van der Waals surface area (Å²) >= 11 is 0.943. The Labute approximate surface area is 200 Å². The molecule has 0 unspecified atom stereocenters. The molecular formula is C24H19N3O5S2. The summed E-state index contributed by atoms with van der Waals surface area (Å²) in [7, 11) is -4.30. The number of carbonyl (C=O) groups is 2. The molecule has 0 aliphatic carbocycles. The van der Waals surface area contributed by atoms with E-state index in [1.165, 1.54) is 43.3 Å². The Hall–Kier alpha value is -3.89. The quantitative estimate of drug-likeness (QED) is 0.511. The number of phenolic OH excluding ortho intramolecular Hbond substituents is 1. The van der Waals surface area contributed by atoms with Crippen molar-refractivity contribution in [3.63, 3.8) is 0 Å². The molecule has 0 atom stereocenters. The molecule has 1 saturated heterocycles. The van der Waals surface area contributed by atoms with Crippen molar-refractivity contribution >= 4 is 56.2 Å². The van der Waals surface area contributed by atoms with Crippen LogP contribution in [-0.2, 0) is 19.6 Å². The molecule has 3 aromatic rings. The maximum absolute atomic E-state index is 13.5. The number of hydrogen-bond donors (Lipinski definition) is 2. The van der Waals surface area contributed by atoms with Crippen molar-refractivity contribution in [3.05, 3.63) is 89.3 Å². The van der Waals surface area contributed by atoms with Gasteiger partial charge in [0.05, 0.1) is 15.5 Å². The van der Waals surface area contributed by atoms with Crippen molar-refractivity contribution in [1.29, 1.82) is 0 Å². The van der Waals surface area contributed by atoms with E-state index in [0.29, 0.717) is 21.2 Å². The second-order valence-corrected chi connectivity index (χ2v) is 10.0. The molecule has 1 fully saturated rings. The van der Waals surface area contributed by atoms with Gasteiger partial charge in [-0.1, -0.05) is 30.3 Å². The van der Waals surface area contributed by atoms with Gasteiger partial charge in [0, 0.05) is 12.6 Å². The van der Waals surface area contributed by atoms with Crippen LogP contribution in [0.15, 0.2) is 93.7 Å². The molecule has 3 aromatic carbocycles. The fraction of sp³-hybridized carbons (Fsp3) is 0.0417.